The van der Waals surface area contributed by atoms with E-state index >= 15 is 0 Å². The van der Waals surface area contributed by atoms with Crippen molar-refractivity contribution in [3.05, 3.63) is 54.4 Å². The van der Waals surface area contributed by atoms with Crippen molar-refractivity contribution in [3.8, 4) is 18.6 Å². The monoisotopic (exact) mass is 500 g/mol. The summed E-state index contributed by atoms with van der Waals surface area (Å²) in [6, 6.07) is 12.4. The van der Waals surface area contributed by atoms with E-state index < -0.39 is 24.1 Å². The number of halogens is 3. The van der Waals surface area contributed by atoms with Crippen LogP contribution in [0.1, 0.15) is 31.5 Å². The van der Waals surface area contributed by atoms with Gasteiger partial charge < -0.3 is 19.5 Å². The Labute approximate surface area is 207 Å². The lowest BCUT2D eigenvalue weighted by Crippen LogP contribution is -2.43. The first-order chi connectivity index (χ1) is 17.2. The number of ether oxygens (including phenoxy) is 1. The Balaban J connectivity index is 0.00000176. The minimum Gasteiger partial charge on any atom is -0.404 e. The molecule has 0 unspecified atom stereocenters. The number of likely N-dealkylation sites (tertiary alicyclic amines) is 1. The first-order valence-electron chi connectivity index (χ1n) is 11.4. The number of aryl methyl sites for hydroxylation is 2. The second kappa shape index (κ2) is 11.6. The molecule has 1 aliphatic rings. The Bertz CT molecular complexity index is 1240. The Morgan fingerprint density at radius 2 is 1.83 bits per heavy atom. The van der Waals surface area contributed by atoms with E-state index in [2.05, 4.69) is 27.9 Å². The summed E-state index contributed by atoms with van der Waals surface area (Å²) in [7, 11) is 1.94. The number of terminal acetylenes is 1. The second-order valence-electron chi connectivity index (χ2n) is 8.21. The fourth-order valence-electron chi connectivity index (χ4n) is 4.30. The van der Waals surface area contributed by atoms with E-state index in [1.165, 1.54) is 23.1 Å². The zero-order chi connectivity index (χ0) is 26.3. The van der Waals surface area contributed by atoms with Crippen molar-refractivity contribution in [2.45, 2.75) is 44.5 Å². The summed E-state index contributed by atoms with van der Waals surface area (Å²) in [5.41, 5.74) is 1.83. The van der Waals surface area contributed by atoms with Gasteiger partial charge in [-0.2, -0.15) is 0 Å². The third-order valence-corrected chi connectivity index (χ3v) is 5.92. The summed E-state index contributed by atoms with van der Waals surface area (Å²) in [5.74, 6) is -0.302. The SMILES string of the molecule is C#C.Cn1c(CCCC(=O)N2CCC[C@H]2C(=O)Nc2ccccc2OC(F)(F)F)nc2ccccc21. The van der Waals surface area contributed by atoms with Crippen molar-refractivity contribution in [2.75, 3.05) is 11.9 Å². The second-order valence-corrected chi connectivity index (χ2v) is 8.21. The zero-order valence-electron chi connectivity index (χ0n) is 19.8. The number of carbonyl (C=O) groups excluding carboxylic acids is 2. The van der Waals surface area contributed by atoms with Gasteiger partial charge in [-0.1, -0.05) is 24.3 Å². The smallest absolute Gasteiger partial charge is 0.404 e. The summed E-state index contributed by atoms with van der Waals surface area (Å²) in [4.78, 5) is 31.8. The van der Waals surface area contributed by atoms with Crippen LogP contribution in [-0.2, 0) is 23.1 Å². The Kier molecular flexibility index (Phi) is 8.59. The summed E-state index contributed by atoms with van der Waals surface area (Å²) >= 11 is 0. The zero-order valence-corrected chi connectivity index (χ0v) is 19.8. The molecule has 0 spiro atoms. The van der Waals surface area contributed by atoms with E-state index in [0.717, 1.165) is 22.9 Å². The van der Waals surface area contributed by atoms with Crippen LogP contribution in [0, 0.1) is 12.8 Å². The molecule has 2 amide bonds. The predicted molar refractivity (Wildman–Crippen MR) is 130 cm³/mol. The van der Waals surface area contributed by atoms with Gasteiger partial charge in [0, 0.05) is 26.4 Å². The number of para-hydroxylation sites is 4. The molecule has 0 bridgehead atoms. The van der Waals surface area contributed by atoms with E-state index in [1.807, 2.05) is 35.9 Å². The van der Waals surface area contributed by atoms with Crippen molar-refractivity contribution in [2.24, 2.45) is 7.05 Å². The van der Waals surface area contributed by atoms with E-state index in [1.54, 1.807) is 0 Å². The molecule has 7 nitrogen and oxygen atoms in total. The van der Waals surface area contributed by atoms with Crippen molar-refractivity contribution >= 4 is 28.5 Å². The molecule has 1 aromatic heterocycles. The first-order valence-corrected chi connectivity index (χ1v) is 11.4. The van der Waals surface area contributed by atoms with Gasteiger partial charge in [0.05, 0.1) is 16.7 Å². The van der Waals surface area contributed by atoms with Crippen LogP contribution >= 0.6 is 0 Å². The van der Waals surface area contributed by atoms with Crippen molar-refractivity contribution < 1.29 is 27.5 Å². The highest BCUT2D eigenvalue weighted by Crippen LogP contribution is 2.31. The molecule has 0 saturated carbocycles. The van der Waals surface area contributed by atoms with E-state index in [4.69, 9.17) is 0 Å². The Morgan fingerprint density at radius 1 is 1.14 bits per heavy atom. The van der Waals surface area contributed by atoms with Crippen LogP contribution in [0.15, 0.2) is 48.5 Å². The molecule has 2 heterocycles. The fraction of sp³-hybridized carbons (Fsp3) is 0.346. The molecule has 4 rings (SSSR count). The van der Waals surface area contributed by atoms with Crippen molar-refractivity contribution in [1.29, 1.82) is 0 Å². The number of hydrogen-bond acceptors (Lipinski definition) is 4. The van der Waals surface area contributed by atoms with Gasteiger partial charge in [-0.05, 0) is 43.5 Å². The maximum Gasteiger partial charge on any atom is 0.573 e. The number of hydrogen-bond donors (Lipinski definition) is 1. The van der Waals surface area contributed by atoms with Gasteiger partial charge in [0.1, 0.15) is 11.9 Å². The number of amides is 2. The van der Waals surface area contributed by atoms with Crippen LogP contribution < -0.4 is 10.1 Å². The number of aromatic nitrogens is 2. The normalized spacial score (nSPS) is 15.3. The van der Waals surface area contributed by atoms with Gasteiger partial charge in [0.2, 0.25) is 11.8 Å². The van der Waals surface area contributed by atoms with Gasteiger partial charge in [0.25, 0.3) is 0 Å². The van der Waals surface area contributed by atoms with Crippen LogP contribution in [0.3, 0.4) is 0 Å². The average molecular weight is 501 g/mol. The molecule has 0 radical (unpaired) electrons. The third kappa shape index (κ3) is 6.36. The summed E-state index contributed by atoms with van der Waals surface area (Å²) < 4.78 is 44.0. The van der Waals surface area contributed by atoms with Crippen LogP contribution in [0.5, 0.6) is 5.75 Å². The Morgan fingerprint density at radius 3 is 2.56 bits per heavy atom. The van der Waals surface area contributed by atoms with E-state index in [0.29, 0.717) is 32.2 Å². The van der Waals surface area contributed by atoms with Gasteiger partial charge in [-0.15, -0.1) is 26.0 Å². The lowest BCUT2D eigenvalue weighted by atomic mass is 10.1. The van der Waals surface area contributed by atoms with Gasteiger partial charge >= 0.3 is 6.36 Å². The lowest BCUT2D eigenvalue weighted by Gasteiger charge is -2.24. The van der Waals surface area contributed by atoms with Crippen LogP contribution in [0.2, 0.25) is 0 Å². The van der Waals surface area contributed by atoms with E-state index in [9.17, 15) is 22.8 Å². The highest BCUT2D eigenvalue weighted by atomic mass is 19.4. The van der Waals surface area contributed by atoms with Crippen LogP contribution in [-0.4, -0.2) is 45.2 Å². The maximum atomic E-state index is 12.9. The third-order valence-electron chi connectivity index (χ3n) is 5.92. The molecule has 1 saturated heterocycles. The highest BCUT2D eigenvalue weighted by Gasteiger charge is 2.35. The standard InChI is InChI=1S/C24H25F3N4O3.C2H2/c1-30-18-10-4-2-8-16(18)28-21(30)13-6-14-22(32)31-15-7-11-19(31)23(33)29-17-9-3-5-12-20(17)34-24(25,26)27;1-2/h2-5,8-10,12,19H,6-7,11,13-15H2,1H3,(H,29,33);1-2H/t19-;/m0./s1. The minimum absolute atomic E-state index is 0.0917. The number of carbonyl (C=O) groups is 2. The summed E-state index contributed by atoms with van der Waals surface area (Å²) in [5, 5.41) is 2.49. The van der Waals surface area contributed by atoms with Crippen molar-refractivity contribution in [1.82, 2.24) is 14.5 Å². The largest absolute Gasteiger partial charge is 0.573 e. The molecule has 0 aliphatic carbocycles. The number of nitrogens with zero attached hydrogens (tertiary/aromatic N) is 3. The number of nitrogens with one attached hydrogen (secondary N) is 1. The number of anilines is 1. The van der Waals surface area contributed by atoms with Crippen molar-refractivity contribution in [3.63, 3.8) is 0 Å². The van der Waals surface area contributed by atoms with Gasteiger partial charge in [0.15, 0.2) is 5.75 Å². The quantitative estimate of drug-likeness (QED) is 0.479. The molecule has 3 aromatic rings. The molecule has 1 aliphatic heterocycles. The molecule has 190 valence electrons. The molecular formula is C26H27F3N4O3. The molecule has 10 heteroatoms. The minimum atomic E-state index is -4.88. The average Bonchev–Trinajstić information content (AvgIpc) is 3.46. The molecule has 1 atom stereocenters. The number of benzene rings is 2. The summed E-state index contributed by atoms with van der Waals surface area (Å²) in [6.07, 6.45) is 5.66. The topological polar surface area (TPSA) is 76.5 Å². The number of alkyl halides is 3. The number of imidazole rings is 1. The predicted octanol–water partition coefficient (Wildman–Crippen LogP) is 4.67. The first kappa shape index (κ1) is 26.6. The highest BCUT2D eigenvalue weighted by molar-refractivity contribution is 5.98. The van der Waals surface area contributed by atoms with Crippen LogP contribution in [0.25, 0.3) is 11.0 Å². The van der Waals surface area contributed by atoms with Gasteiger partial charge in [-0.25, -0.2) is 4.98 Å². The molecule has 2 aromatic carbocycles. The molecule has 36 heavy (non-hydrogen) atoms. The Hall–Kier alpha value is -4.00. The summed E-state index contributed by atoms with van der Waals surface area (Å²) in [6.45, 7) is 0.434. The van der Waals surface area contributed by atoms with Gasteiger partial charge in [-0.3, -0.25) is 9.59 Å². The van der Waals surface area contributed by atoms with E-state index in [-0.39, 0.29) is 18.0 Å². The maximum absolute atomic E-state index is 12.9. The fourth-order valence-corrected chi connectivity index (χ4v) is 4.30. The lowest BCUT2D eigenvalue weighted by molar-refractivity contribution is -0.274. The molecule has 1 N–H and O–H groups in total. The number of fused-ring (bicyclic) bond motifs is 1. The van der Waals surface area contributed by atoms with Crippen LogP contribution in [0.4, 0.5) is 18.9 Å². The molecule has 1 fully saturated rings. The number of rotatable bonds is 7. The molecular weight excluding hydrogens is 473 g/mol.